The van der Waals surface area contributed by atoms with E-state index in [0.717, 1.165) is 23.3 Å². The Kier molecular flexibility index (Phi) is 4.93. The van der Waals surface area contributed by atoms with Crippen LogP contribution in [0.5, 0.6) is 0 Å². The number of benzene rings is 2. The van der Waals surface area contributed by atoms with Gasteiger partial charge in [-0.25, -0.2) is 8.78 Å². The van der Waals surface area contributed by atoms with E-state index >= 15 is 0 Å². The molecular weight excluding hydrogens is 322 g/mol. The number of carbonyl (C=O) groups excluding carboxylic acids is 1. The molecule has 128 valence electrons. The second-order valence-corrected chi connectivity index (χ2v) is 5.88. The van der Waals surface area contributed by atoms with Crippen molar-refractivity contribution in [1.82, 2.24) is 4.57 Å². The number of carbonyl (C=O) groups is 1. The molecule has 1 aromatic heterocycles. The van der Waals surface area contributed by atoms with E-state index in [9.17, 15) is 13.6 Å². The number of hydrogen-bond donors (Lipinski definition) is 1. The van der Waals surface area contributed by atoms with Crippen molar-refractivity contribution >= 4 is 11.6 Å². The van der Waals surface area contributed by atoms with Gasteiger partial charge in [0.15, 0.2) is 11.6 Å². The van der Waals surface area contributed by atoms with Crippen LogP contribution in [0.15, 0.2) is 67.0 Å². The molecule has 0 aliphatic carbocycles. The van der Waals surface area contributed by atoms with Gasteiger partial charge in [-0.15, -0.1) is 0 Å². The quantitative estimate of drug-likeness (QED) is 0.718. The van der Waals surface area contributed by atoms with Gasteiger partial charge in [0.1, 0.15) is 0 Å². The summed E-state index contributed by atoms with van der Waals surface area (Å²) in [6, 6.07) is 14.8. The molecule has 0 spiro atoms. The van der Waals surface area contributed by atoms with Gasteiger partial charge in [0.2, 0.25) is 5.91 Å². The molecule has 1 atom stereocenters. The Morgan fingerprint density at radius 1 is 1.04 bits per heavy atom. The van der Waals surface area contributed by atoms with Gasteiger partial charge in [-0.2, -0.15) is 0 Å². The number of amides is 1. The summed E-state index contributed by atoms with van der Waals surface area (Å²) in [5, 5.41) is 2.63. The summed E-state index contributed by atoms with van der Waals surface area (Å²) in [6.45, 7) is 2.00. The minimum atomic E-state index is -0.987. The summed E-state index contributed by atoms with van der Waals surface area (Å²) >= 11 is 0. The molecule has 5 heteroatoms. The number of aromatic nitrogens is 1. The second-order valence-electron chi connectivity index (χ2n) is 5.88. The second kappa shape index (κ2) is 7.30. The van der Waals surface area contributed by atoms with Gasteiger partial charge in [-0.3, -0.25) is 4.79 Å². The van der Waals surface area contributed by atoms with Gasteiger partial charge >= 0.3 is 0 Å². The third-order valence-electron chi connectivity index (χ3n) is 4.12. The predicted octanol–water partition coefficient (Wildman–Crippen LogP) is 4.69. The van der Waals surface area contributed by atoms with Crippen molar-refractivity contribution in [2.24, 2.45) is 0 Å². The van der Waals surface area contributed by atoms with Gasteiger partial charge in [-0.05, 0) is 42.3 Å². The molecule has 0 aliphatic heterocycles. The van der Waals surface area contributed by atoms with Gasteiger partial charge in [0, 0.05) is 24.1 Å². The fourth-order valence-electron chi connectivity index (χ4n) is 2.85. The van der Waals surface area contributed by atoms with Gasteiger partial charge < -0.3 is 9.88 Å². The molecule has 0 saturated heterocycles. The Labute approximate surface area is 144 Å². The van der Waals surface area contributed by atoms with E-state index in [4.69, 9.17) is 0 Å². The SMILES string of the molecule is Cc1ccccc1C(CC(=O)Nc1ccc(F)c(F)c1)n1cccc1. The van der Waals surface area contributed by atoms with Crippen LogP contribution in [0, 0.1) is 18.6 Å². The van der Waals surface area contributed by atoms with Gasteiger partial charge in [0.05, 0.1) is 12.5 Å². The Morgan fingerprint density at radius 2 is 1.76 bits per heavy atom. The van der Waals surface area contributed by atoms with Crippen molar-refractivity contribution in [2.75, 3.05) is 5.32 Å². The first-order valence-electron chi connectivity index (χ1n) is 7.97. The lowest BCUT2D eigenvalue weighted by Crippen LogP contribution is -2.20. The molecule has 3 rings (SSSR count). The molecule has 0 radical (unpaired) electrons. The van der Waals surface area contributed by atoms with Crippen LogP contribution in [-0.2, 0) is 4.79 Å². The Morgan fingerprint density at radius 3 is 2.44 bits per heavy atom. The molecule has 2 aromatic carbocycles. The Bertz CT molecular complexity index is 875. The van der Waals surface area contributed by atoms with Crippen LogP contribution in [0.3, 0.4) is 0 Å². The first-order valence-corrected chi connectivity index (χ1v) is 7.97. The topological polar surface area (TPSA) is 34.0 Å². The number of hydrogen-bond acceptors (Lipinski definition) is 1. The van der Waals surface area contributed by atoms with Crippen molar-refractivity contribution < 1.29 is 13.6 Å². The minimum Gasteiger partial charge on any atom is -0.346 e. The summed E-state index contributed by atoms with van der Waals surface area (Å²) in [4.78, 5) is 12.5. The average molecular weight is 340 g/mol. The monoisotopic (exact) mass is 340 g/mol. The smallest absolute Gasteiger partial charge is 0.226 e. The third kappa shape index (κ3) is 3.94. The first kappa shape index (κ1) is 16.9. The van der Waals surface area contributed by atoms with Crippen molar-refractivity contribution in [3.63, 3.8) is 0 Å². The van der Waals surface area contributed by atoms with E-state index < -0.39 is 11.6 Å². The third-order valence-corrected chi connectivity index (χ3v) is 4.12. The lowest BCUT2D eigenvalue weighted by atomic mass is 9.98. The molecule has 0 saturated carbocycles. The summed E-state index contributed by atoms with van der Waals surface area (Å²) in [7, 11) is 0. The van der Waals surface area contributed by atoms with Crippen LogP contribution in [0.1, 0.15) is 23.6 Å². The van der Waals surface area contributed by atoms with Crippen LogP contribution < -0.4 is 5.32 Å². The maximum absolute atomic E-state index is 13.3. The molecule has 1 unspecified atom stereocenters. The van der Waals surface area contributed by atoms with Gasteiger partial charge in [-0.1, -0.05) is 24.3 Å². The van der Waals surface area contributed by atoms with E-state index in [1.807, 2.05) is 60.3 Å². The van der Waals surface area contributed by atoms with E-state index in [-0.39, 0.29) is 24.1 Å². The number of nitrogens with zero attached hydrogens (tertiary/aromatic N) is 1. The highest BCUT2D eigenvalue weighted by molar-refractivity contribution is 5.91. The zero-order chi connectivity index (χ0) is 17.8. The maximum atomic E-state index is 13.3. The molecule has 3 nitrogen and oxygen atoms in total. The molecule has 1 N–H and O–H groups in total. The van der Waals surface area contributed by atoms with Crippen LogP contribution in [0.25, 0.3) is 0 Å². The number of nitrogens with one attached hydrogen (secondary N) is 1. The molecular formula is C20H18F2N2O. The normalized spacial score (nSPS) is 12.0. The number of aryl methyl sites for hydroxylation is 1. The zero-order valence-electron chi connectivity index (χ0n) is 13.7. The van der Waals surface area contributed by atoms with Gasteiger partial charge in [0.25, 0.3) is 0 Å². The maximum Gasteiger partial charge on any atom is 0.226 e. The zero-order valence-corrected chi connectivity index (χ0v) is 13.7. The fraction of sp³-hybridized carbons (Fsp3) is 0.150. The number of anilines is 1. The largest absolute Gasteiger partial charge is 0.346 e. The van der Waals surface area contributed by atoms with E-state index in [2.05, 4.69) is 5.32 Å². The molecule has 1 amide bonds. The molecule has 25 heavy (non-hydrogen) atoms. The Balaban J connectivity index is 1.82. The fourth-order valence-corrected chi connectivity index (χ4v) is 2.85. The molecule has 0 bridgehead atoms. The number of rotatable bonds is 5. The van der Waals surface area contributed by atoms with Crippen molar-refractivity contribution in [2.45, 2.75) is 19.4 Å². The lowest BCUT2D eigenvalue weighted by molar-refractivity contribution is -0.116. The van der Waals surface area contributed by atoms with Crippen LogP contribution in [-0.4, -0.2) is 10.5 Å². The van der Waals surface area contributed by atoms with Crippen LogP contribution >= 0.6 is 0 Å². The highest BCUT2D eigenvalue weighted by Crippen LogP contribution is 2.26. The molecule has 0 aliphatic rings. The Hall–Kier alpha value is -2.95. The predicted molar refractivity (Wildman–Crippen MR) is 93.4 cm³/mol. The lowest BCUT2D eigenvalue weighted by Gasteiger charge is -2.21. The van der Waals surface area contributed by atoms with Crippen LogP contribution in [0.2, 0.25) is 0 Å². The average Bonchev–Trinajstić information content (AvgIpc) is 3.11. The molecule has 0 fully saturated rings. The summed E-state index contributed by atoms with van der Waals surface area (Å²) in [5.41, 5.74) is 2.36. The van der Waals surface area contributed by atoms with E-state index in [1.165, 1.54) is 6.07 Å². The first-order chi connectivity index (χ1) is 12.0. The highest BCUT2D eigenvalue weighted by Gasteiger charge is 2.19. The standard InChI is InChI=1S/C20H18F2N2O/c1-14-6-2-3-7-16(14)19(24-10-4-5-11-24)13-20(25)23-15-8-9-17(21)18(22)12-15/h2-12,19H,13H2,1H3,(H,23,25). The summed E-state index contributed by atoms with van der Waals surface area (Å²) in [5.74, 6) is -2.20. The summed E-state index contributed by atoms with van der Waals surface area (Å²) < 4.78 is 28.3. The van der Waals surface area contributed by atoms with Crippen molar-refractivity contribution in [3.8, 4) is 0 Å². The molecule has 3 aromatic rings. The number of halogens is 2. The molecule has 1 heterocycles. The van der Waals surface area contributed by atoms with Crippen molar-refractivity contribution in [1.29, 1.82) is 0 Å². The summed E-state index contributed by atoms with van der Waals surface area (Å²) in [6.07, 6.45) is 3.99. The van der Waals surface area contributed by atoms with E-state index in [1.54, 1.807) is 0 Å². The van der Waals surface area contributed by atoms with Crippen molar-refractivity contribution in [3.05, 3.63) is 89.8 Å². The van der Waals surface area contributed by atoms with Crippen LogP contribution in [0.4, 0.5) is 14.5 Å². The minimum absolute atomic E-state index is 0.179. The van der Waals surface area contributed by atoms with E-state index in [0.29, 0.717) is 0 Å². The highest BCUT2D eigenvalue weighted by atomic mass is 19.2.